The van der Waals surface area contributed by atoms with Crippen LogP contribution in [0.25, 0.3) is 0 Å². The summed E-state index contributed by atoms with van der Waals surface area (Å²) in [4.78, 5) is 17.9. The van der Waals surface area contributed by atoms with E-state index in [1.54, 1.807) is 0 Å². The molecule has 0 saturated carbocycles. The maximum Gasteiger partial charge on any atom is 0.528 e. The highest BCUT2D eigenvalue weighted by Crippen LogP contribution is 1.93. The second-order valence-electron chi connectivity index (χ2n) is 2.20. The Labute approximate surface area is 74.4 Å². The number of hydrogen-bond donors (Lipinski definition) is 2. The molecule has 13 heavy (non-hydrogen) atoms. The summed E-state index contributed by atoms with van der Waals surface area (Å²) in [5, 5.41) is 17.2. The molecule has 2 N–H and O–H groups in total. The molecule has 0 radical (unpaired) electrons. The van der Waals surface area contributed by atoms with E-state index in [0.29, 0.717) is 0 Å². The van der Waals surface area contributed by atoms with Crippen molar-refractivity contribution in [3.05, 3.63) is 18.0 Å². The quantitative estimate of drug-likeness (QED) is 0.403. The van der Waals surface area contributed by atoms with Gasteiger partial charge < -0.3 is 14.8 Å². The number of rotatable bonds is 2. The van der Waals surface area contributed by atoms with Crippen molar-refractivity contribution in [2.45, 2.75) is 0 Å². The largest absolute Gasteiger partial charge is 0.528 e. The molecule has 0 bridgehead atoms. The van der Waals surface area contributed by atoms with Gasteiger partial charge in [-0.15, -0.1) is 0 Å². The number of methoxy groups -OCH3 is 1. The van der Waals surface area contributed by atoms with E-state index in [2.05, 4.69) is 14.7 Å². The minimum atomic E-state index is -1.73. The van der Waals surface area contributed by atoms with E-state index in [1.165, 1.54) is 7.11 Å². The minimum absolute atomic E-state index is 0.159. The molecule has 0 unspecified atom stereocenters. The van der Waals surface area contributed by atoms with Gasteiger partial charge in [-0.3, -0.25) is 0 Å². The maximum absolute atomic E-state index is 10.9. The van der Waals surface area contributed by atoms with E-state index < -0.39 is 13.1 Å². The van der Waals surface area contributed by atoms with E-state index >= 15 is 0 Å². The average Bonchev–Trinajstić information content (AvgIpc) is 2.17. The highest BCUT2D eigenvalue weighted by Gasteiger charge is 2.15. The zero-order valence-corrected chi connectivity index (χ0v) is 6.84. The first-order valence-corrected chi connectivity index (χ1v) is 3.41. The van der Waals surface area contributed by atoms with Crippen LogP contribution in [0.3, 0.4) is 0 Å². The summed E-state index contributed by atoms with van der Waals surface area (Å²) < 4.78 is 4.39. The Balaban J connectivity index is 2.87. The van der Waals surface area contributed by atoms with Crippen molar-refractivity contribution in [3.8, 4) is 0 Å². The van der Waals surface area contributed by atoms with Gasteiger partial charge in [0.05, 0.1) is 12.7 Å². The molecule has 7 heteroatoms. The summed E-state index contributed by atoms with van der Waals surface area (Å²) in [6, 6.07) is 0. The standard InChI is InChI=1S/C6H7BN2O4/c1-13-5(10)4-2-8-6(7(11)12)9-3-4/h2-3,11-12H,1H3. The lowest BCUT2D eigenvalue weighted by atomic mass is 9.91. The molecule has 1 rings (SSSR count). The summed E-state index contributed by atoms with van der Waals surface area (Å²) >= 11 is 0. The molecule has 1 aromatic heterocycles. The van der Waals surface area contributed by atoms with Gasteiger partial charge in [-0.2, -0.15) is 0 Å². The number of hydrogen-bond acceptors (Lipinski definition) is 6. The summed E-state index contributed by atoms with van der Waals surface area (Å²) in [6.07, 6.45) is 2.32. The molecule has 0 amide bonds. The van der Waals surface area contributed by atoms with Crippen LogP contribution in [-0.2, 0) is 4.74 Å². The first-order valence-electron chi connectivity index (χ1n) is 3.41. The summed E-state index contributed by atoms with van der Waals surface area (Å²) in [5.74, 6) is -0.570. The summed E-state index contributed by atoms with van der Waals surface area (Å²) in [7, 11) is -0.497. The average molecular weight is 182 g/mol. The van der Waals surface area contributed by atoms with Crippen LogP contribution < -0.4 is 5.72 Å². The maximum atomic E-state index is 10.9. The molecule has 0 spiro atoms. The van der Waals surface area contributed by atoms with Crippen molar-refractivity contribution >= 4 is 18.8 Å². The van der Waals surface area contributed by atoms with Crippen molar-refractivity contribution in [1.82, 2.24) is 9.97 Å². The molecule has 0 atom stereocenters. The number of ether oxygens (including phenoxy) is 1. The molecule has 68 valence electrons. The van der Waals surface area contributed by atoms with Gasteiger partial charge in [0.25, 0.3) is 0 Å². The number of esters is 1. The third kappa shape index (κ3) is 2.23. The van der Waals surface area contributed by atoms with Crippen molar-refractivity contribution in [2.24, 2.45) is 0 Å². The first-order chi connectivity index (χ1) is 6.15. The SMILES string of the molecule is COC(=O)c1cnc(B(O)O)nc1. The van der Waals surface area contributed by atoms with E-state index in [4.69, 9.17) is 10.0 Å². The predicted octanol–water partition coefficient (Wildman–Crippen LogP) is -2.06. The molecule has 0 fully saturated rings. The van der Waals surface area contributed by atoms with Gasteiger partial charge >= 0.3 is 13.1 Å². The van der Waals surface area contributed by atoms with Crippen molar-refractivity contribution in [3.63, 3.8) is 0 Å². The number of nitrogens with zero attached hydrogens (tertiary/aromatic N) is 2. The lowest BCUT2D eigenvalue weighted by Crippen LogP contribution is -2.35. The van der Waals surface area contributed by atoms with Crippen LogP contribution in [0, 0.1) is 0 Å². The molecule has 1 heterocycles. The molecule has 1 aromatic rings. The molecule has 0 aromatic carbocycles. The smallest absolute Gasteiger partial charge is 0.465 e. The third-order valence-electron chi connectivity index (χ3n) is 1.32. The third-order valence-corrected chi connectivity index (χ3v) is 1.32. The molecule has 0 saturated heterocycles. The first kappa shape index (κ1) is 9.62. The van der Waals surface area contributed by atoms with Crippen LogP contribution >= 0.6 is 0 Å². The molecule has 0 aliphatic carbocycles. The lowest BCUT2D eigenvalue weighted by Gasteiger charge is -1.99. The van der Waals surface area contributed by atoms with E-state index in [9.17, 15) is 4.79 Å². The van der Waals surface area contributed by atoms with E-state index in [-0.39, 0.29) is 11.3 Å². The van der Waals surface area contributed by atoms with Gasteiger partial charge in [0.15, 0.2) is 5.72 Å². The van der Waals surface area contributed by atoms with Gasteiger partial charge in [-0.1, -0.05) is 0 Å². The number of carbonyl (C=O) groups is 1. The summed E-state index contributed by atoms with van der Waals surface area (Å²) in [6.45, 7) is 0. The zero-order valence-electron chi connectivity index (χ0n) is 6.84. The van der Waals surface area contributed by atoms with Gasteiger partial charge in [-0.05, 0) is 0 Å². The fourth-order valence-electron chi connectivity index (χ4n) is 0.695. The molecule has 6 nitrogen and oxygen atoms in total. The van der Waals surface area contributed by atoms with Gasteiger partial charge in [-0.25, -0.2) is 14.8 Å². The Morgan fingerprint density at radius 2 is 2.00 bits per heavy atom. The highest BCUT2D eigenvalue weighted by atomic mass is 16.5. The van der Waals surface area contributed by atoms with Crippen LogP contribution in [0.5, 0.6) is 0 Å². The number of aromatic nitrogens is 2. The zero-order chi connectivity index (χ0) is 9.84. The van der Waals surface area contributed by atoms with Crippen LogP contribution in [0.15, 0.2) is 12.4 Å². The van der Waals surface area contributed by atoms with Crippen molar-refractivity contribution in [2.75, 3.05) is 7.11 Å². The molecule has 0 aliphatic heterocycles. The Morgan fingerprint density at radius 1 is 1.46 bits per heavy atom. The van der Waals surface area contributed by atoms with E-state index in [0.717, 1.165) is 12.4 Å². The topological polar surface area (TPSA) is 92.5 Å². The molecular weight excluding hydrogens is 175 g/mol. The molecular formula is C6H7BN2O4. The van der Waals surface area contributed by atoms with Gasteiger partial charge in [0, 0.05) is 12.4 Å². The second-order valence-corrected chi connectivity index (χ2v) is 2.20. The van der Waals surface area contributed by atoms with Crippen LogP contribution in [-0.4, -0.2) is 40.2 Å². The Kier molecular flexibility index (Phi) is 2.94. The van der Waals surface area contributed by atoms with E-state index in [1.807, 2.05) is 0 Å². The Hall–Kier alpha value is -1.47. The summed E-state index contributed by atoms with van der Waals surface area (Å²) in [5.41, 5.74) is -0.000414. The van der Waals surface area contributed by atoms with Crippen molar-refractivity contribution in [1.29, 1.82) is 0 Å². The van der Waals surface area contributed by atoms with Crippen LogP contribution in [0.4, 0.5) is 0 Å². The number of carbonyl (C=O) groups excluding carboxylic acids is 1. The Bertz CT molecular complexity index is 300. The normalized spacial score (nSPS) is 9.46. The minimum Gasteiger partial charge on any atom is -0.465 e. The lowest BCUT2D eigenvalue weighted by molar-refractivity contribution is 0.0599. The van der Waals surface area contributed by atoms with Crippen LogP contribution in [0.1, 0.15) is 10.4 Å². The van der Waals surface area contributed by atoms with Gasteiger partial charge in [0.1, 0.15) is 0 Å². The Morgan fingerprint density at radius 3 is 2.38 bits per heavy atom. The monoisotopic (exact) mass is 182 g/mol. The van der Waals surface area contributed by atoms with Gasteiger partial charge in [0.2, 0.25) is 0 Å². The highest BCUT2D eigenvalue weighted by molar-refractivity contribution is 6.56. The fourth-order valence-corrected chi connectivity index (χ4v) is 0.695. The van der Waals surface area contributed by atoms with Crippen molar-refractivity contribution < 1.29 is 19.6 Å². The molecule has 0 aliphatic rings. The predicted molar refractivity (Wildman–Crippen MR) is 43.2 cm³/mol. The van der Waals surface area contributed by atoms with Crippen LogP contribution in [0.2, 0.25) is 0 Å². The second kappa shape index (κ2) is 3.97. The fraction of sp³-hybridized carbons (Fsp3) is 0.167.